The van der Waals surface area contributed by atoms with Gasteiger partial charge in [0.1, 0.15) is 17.3 Å². The third kappa shape index (κ3) is 3.95. The number of para-hydroxylation sites is 2. The van der Waals surface area contributed by atoms with Crippen molar-refractivity contribution in [2.24, 2.45) is 0 Å². The van der Waals surface area contributed by atoms with Gasteiger partial charge in [-0.05, 0) is 43.2 Å². The Morgan fingerprint density at radius 1 is 1.17 bits per heavy atom. The van der Waals surface area contributed by atoms with Gasteiger partial charge in [0.2, 0.25) is 15.9 Å². The minimum atomic E-state index is -3.68. The van der Waals surface area contributed by atoms with Gasteiger partial charge in [0.25, 0.3) is 0 Å². The summed E-state index contributed by atoms with van der Waals surface area (Å²) in [6.45, 7) is 3.05. The van der Waals surface area contributed by atoms with Gasteiger partial charge < -0.3 is 9.88 Å². The van der Waals surface area contributed by atoms with Gasteiger partial charge >= 0.3 is 0 Å². The van der Waals surface area contributed by atoms with E-state index in [9.17, 15) is 13.2 Å². The average Bonchev–Trinajstić information content (AvgIpc) is 3.38. The molecule has 0 atom stereocenters. The molecule has 1 fully saturated rings. The van der Waals surface area contributed by atoms with Gasteiger partial charge in [-0.3, -0.25) is 4.79 Å². The molecule has 1 aliphatic rings. The van der Waals surface area contributed by atoms with Crippen molar-refractivity contribution in [2.45, 2.75) is 37.6 Å². The van der Waals surface area contributed by atoms with E-state index < -0.39 is 10.0 Å². The van der Waals surface area contributed by atoms with Crippen LogP contribution in [0, 0.1) is 0 Å². The highest BCUT2D eigenvalue weighted by Crippen LogP contribution is 2.29. The quantitative estimate of drug-likeness (QED) is 0.626. The number of rotatable bonds is 6. The summed E-state index contributed by atoms with van der Waals surface area (Å²) in [7, 11) is -3.68. The second-order valence-electron chi connectivity index (χ2n) is 7.26. The third-order valence-corrected chi connectivity index (χ3v) is 7.63. The molecule has 1 saturated heterocycles. The van der Waals surface area contributed by atoms with Crippen molar-refractivity contribution in [1.29, 1.82) is 0 Å². The summed E-state index contributed by atoms with van der Waals surface area (Å²) in [4.78, 5) is 17.3. The fourth-order valence-electron chi connectivity index (χ4n) is 3.76. The van der Waals surface area contributed by atoms with Gasteiger partial charge in [-0.1, -0.05) is 30.7 Å². The van der Waals surface area contributed by atoms with E-state index in [4.69, 9.17) is 11.6 Å². The number of nitrogens with zero attached hydrogens (tertiary/aromatic N) is 3. The van der Waals surface area contributed by atoms with Crippen molar-refractivity contribution in [3.05, 3.63) is 53.3 Å². The lowest BCUT2D eigenvalue weighted by atomic mass is 10.3. The number of benzene rings is 2. The van der Waals surface area contributed by atoms with Gasteiger partial charge in [-0.15, -0.1) is 0 Å². The molecule has 158 valence electrons. The van der Waals surface area contributed by atoms with E-state index >= 15 is 0 Å². The Morgan fingerprint density at radius 3 is 2.63 bits per heavy atom. The summed E-state index contributed by atoms with van der Waals surface area (Å²) in [5.74, 6) is 0.555. The Kier molecular flexibility index (Phi) is 5.81. The molecule has 30 heavy (non-hydrogen) atoms. The summed E-state index contributed by atoms with van der Waals surface area (Å²) < 4.78 is 29.1. The Hall–Kier alpha value is -2.42. The highest BCUT2D eigenvalue weighted by Gasteiger charge is 2.29. The number of aromatic nitrogens is 2. The molecule has 0 spiro atoms. The molecule has 2 heterocycles. The van der Waals surface area contributed by atoms with E-state index in [1.807, 2.05) is 35.8 Å². The normalized spacial score (nSPS) is 15.0. The van der Waals surface area contributed by atoms with Crippen LogP contribution < -0.4 is 5.32 Å². The van der Waals surface area contributed by atoms with Crippen LogP contribution in [0.1, 0.15) is 25.6 Å². The number of hydrogen-bond acceptors (Lipinski definition) is 4. The number of hydrogen-bond donors (Lipinski definition) is 1. The van der Waals surface area contributed by atoms with Crippen LogP contribution in [0.5, 0.6) is 0 Å². The SMILES string of the molecule is CCc1nc2ccccc2n1CC(=O)Nc1ccc(Cl)c(S(=O)(=O)N2CCCC2)c1. The molecule has 1 N–H and O–H groups in total. The fraction of sp³-hybridized carbons (Fsp3) is 0.333. The molecule has 0 aliphatic carbocycles. The largest absolute Gasteiger partial charge is 0.324 e. The zero-order valence-electron chi connectivity index (χ0n) is 16.6. The van der Waals surface area contributed by atoms with Crippen LogP contribution in [-0.4, -0.2) is 41.3 Å². The molecule has 9 heteroatoms. The van der Waals surface area contributed by atoms with Crippen molar-refractivity contribution >= 4 is 44.3 Å². The van der Waals surface area contributed by atoms with Gasteiger partial charge in [0.05, 0.1) is 16.1 Å². The number of carbonyl (C=O) groups is 1. The van der Waals surface area contributed by atoms with Crippen LogP contribution in [0.3, 0.4) is 0 Å². The summed E-state index contributed by atoms with van der Waals surface area (Å²) in [6, 6.07) is 12.2. The highest BCUT2D eigenvalue weighted by molar-refractivity contribution is 7.89. The van der Waals surface area contributed by atoms with E-state index in [1.165, 1.54) is 16.4 Å². The molecule has 0 bridgehead atoms. The number of halogens is 1. The smallest absolute Gasteiger partial charge is 0.244 e. The number of amides is 1. The monoisotopic (exact) mass is 446 g/mol. The van der Waals surface area contributed by atoms with E-state index in [0.29, 0.717) is 25.2 Å². The van der Waals surface area contributed by atoms with Crippen LogP contribution >= 0.6 is 11.6 Å². The molecule has 0 saturated carbocycles. The van der Waals surface area contributed by atoms with Gasteiger partial charge in [-0.25, -0.2) is 13.4 Å². The van der Waals surface area contributed by atoms with Crippen molar-refractivity contribution < 1.29 is 13.2 Å². The number of sulfonamides is 1. The summed E-state index contributed by atoms with van der Waals surface area (Å²) in [6.07, 6.45) is 2.37. The molecule has 1 amide bonds. The zero-order valence-corrected chi connectivity index (χ0v) is 18.2. The molecule has 0 unspecified atom stereocenters. The first-order valence-electron chi connectivity index (χ1n) is 9.94. The molecular formula is C21H23ClN4O3S. The van der Waals surface area contributed by atoms with Crippen molar-refractivity contribution in [2.75, 3.05) is 18.4 Å². The van der Waals surface area contributed by atoms with E-state index in [2.05, 4.69) is 10.3 Å². The van der Waals surface area contributed by atoms with Crippen LogP contribution in [0.15, 0.2) is 47.4 Å². The Labute approximate surface area is 180 Å². The zero-order chi connectivity index (χ0) is 21.3. The van der Waals surface area contributed by atoms with Gasteiger partial charge in [-0.2, -0.15) is 4.31 Å². The van der Waals surface area contributed by atoms with Crippen molar-refractivity contribution in [3.63, 3.8) is 0 Å². The molecule has 0 radical (unpaired) electrons. The maximum atomic E-state index is 12.9. The third-order valence-electron chi connectivity index (χ3n) is 5.25. The molecule has 4 rings (SSSR count). The van der Waals surface area contributed by atoms with Gasteiger partial charge in [0, 0.05) is 25.2 Å². The fourth-order valence-corrected chi connectivity index (χ4v) is 5.78. The second kappa shape index (κ2) is 8.37. The average molecular weight is 447 g/mol. The Bertz CT molecular complexity index is 1200. The van der Waals surface area contributed by atoms with E-state index in [-0.39, 0.29) is 22.4 Å². The predicted molar refractivity (Wildman–Crippen MR) is 117 cm³/mol. The lowest BCUT2D eigenvalue weighted by Crippen LogP contribution is -2.28. The minimum Gasteiger partial charge on any atom is -0.324 e. The predicted octanol–water partition coefficient (Wildman–Crippen LogP) is 3.68. The highest BCUT2D eigenvalue weighted by atomic mass is 35.5. The van der Waals surface area contributed by atoms with E-state index in [1.54, 1.807) is 6.07 Å². The topological polar surface area (TPSA) is 84.3 Å². The van der Waals surface area contributed by atoms with Crippen LogP contribution in [0.25, 0.3) is 11.0 Å². The lowest BCUT2D eigenvalue weighted by molar-refractivity contribution is -0.116. The summed E-state index contributed by atoms with van der Waals surface area (Å²) in [5, 5.41) is 2.94. The van der Waals surface area contributed by atoms with E-state index in [0.717, 1.165) is 29.7 Å². The molecule has 2 aromatic carbocycles. The molecular weight excluding hydrogens is 424 g/mol. The molecule has 7 nitrogen and oxygen atoms in total. The molecule has 1 aliphatic heterocycles. The maximum Gasteiger partial charge on any atom is 0.244 e. The Balaban J connectivity index is 1.57. The molecule has 1 aromatic heterocycles. The second-order valence-corrected chi connectivity index (χ2v) is 9.57. The first-order valence-corrected chi connectivity index (χ1v) is 11.8. The molecule has 3 aromatic rings. The number of anilines is 1. The number of aryl methyl sites for hydroxylation is 1. The van der Waals surface area contributed by atoms with Crippen LogP contribution in [-0.2, 0) is 27.8 Å². The summed E-state index contributed by atoms with van der Waals surface area (Å²) >= 11 is 6.18. The summed E-state index contributed by atoms with van der Waals surface area (Å²) in [5.41, 5.74) is 2.12. The first kappa shape index (κ1) is 20.8. The number of fused-ring (bicyclic) bond motifs is 1. The lowest BCUT2D eigenvalue weighted by Gasteiger charge is -2.17. The number of carbonyl (C=O) groups excluding carboxylic acids is 1. The number of imidazole rings is 1. The minimum absolute atomic E-state index is 0.0196. The Morgan fingerprint density at radius 2 is 1.90 bits per heavy atom. The van der Waals surface area contributed by atoms with Crippen LogP contribution in [0.4, 0.5) is 5.69 Å². The van der Waals surface area contributed by atoms with Crippen LogP contribution in [0.2, 0.25) is 5.02 Å². The standard InChI is InChI=1S/C21H23ClN4O3S/c1-2-20-24-17-7-3-4-8-18(17)26(20)14-21(27)23-15-9-10-16(22)19(13-15)30(28,29)25-11-5-6-12-25/h3-4,7-10,13H,2,5-6,11-12,14H2,1H3,(H,23,27). The van der Waals surface area contributed by atoms with Crippen molar-refractivity contribution in [3.8, 4) is 0 Å². The maximum absolute atomic E-state index is 12.9. The van der Waals surface area contributed by atoms with Crippen molar-refractivity contribution in [1.82, 2.24) is 13.9 Å². The van der Waals surface area contributed by atoms with Gasteiger partial charge in [0.15, 0.2) is 0 Å². The number of nitrogens with one attached hydrogen (secondary N) is 1. The first-order chi connectivity index (χ1) is 14.4.